The first kappa shape index (κ1) is 11.8. The molecule has 6 nitrogen and oxygen atoms in total. The molecule has 8 heteroatoms. The summed E-state index contributed by atoms with van der Waals surface area (Å²) in [5.74, 6) is -1.30. The average molecular weight is 325 g/mol. The Morgan fingerprint density at radius 1 is 1.42 bits per heavy atom. The second-order valence-corrected chi connectivity index (χ2v) is 4.65. The first-order valence-electron chi connectivity index (χ1n) is 5.18. The highest BCUT2D eigenvalue weighted by Gasteiger charge is 2.18. The molecule has 0 amide bonds. The van der Waals surface area contributed by atoms with Crippen LogP contribution in [0.15, 0.2) is 22.9 Å². The van der Waals surface area contributed by atoms with Crippen LogP contribution in [0.3, 0.4) is 0 Å². The fourth-order valence-corrected chi connectivity index (χ4v) is 2.09. The molecule has 0 saturated heterocycles. The fraction of sp³-hybridized carbons (Fsp3) is 0. The van der Waals surface area contributed by atoms with Crippen molar-refractivity contribution in [1.82, 2.24) is 19.9 Å². The minimum Gasteiger partial charge on any atom is -0.477 e. The maximum Gasteiger partial charge on any atom is 0.354 e. The van der Waals surface area contributed by atoms with Crippen LogP contribution in [0.25, 0.3) is 22.6 Å². The van der Waals surface area contributed by atoms with Crippen molar-refractivity contribution in [1.29, 1.82) is 0 Å². The number of halogens is 2. The summed E-state index contributed by atoms with van der Waals surface area (Å²) >= 11 is 3.07. The lowest BCUT2D eigenvalue weighted by Crippen LogP contribution is -1.99. The second-order valence-electron chi connectivity index (χ2n) is 3.80. The van der Waals surface area contributed by atoms with Gasteiger partial charge < -0.3 is 15.1 Å². The number of carbonyl (C=O) groups is 1. The molecule has 3 N–H and O–H groups in total. The van der Waals surface area contributed by atoms with Crippen molar-refractivity contribution in [2.45, 2.75) is 0 Å². The van der Waals surface area contributed by atoms with Crippen molar-refractivity contribution >= 4 is 32.9 Å². The van der Waals surface area contributed by atoms with Gasteiger partial charge in [-0.25, -0.2) is 19.2 Å². The molecule has 0 aliphatic rings. The molecular weight excluding hydrogens is 319 g/mol. The predicted molar refractivity (Wildman–Crippen MR) is 68.3 cm³/mol. The molecule has 0 radical (unpaired) electrons. The van der Waals surface area contributed by atoms with Crippen LogP contribution >= 0.6 is 15.9 Å². The van der Waals surface area contributed by atoms with Gasteiger partial charge in [0.15, 0.2) is 11.5 Å². The van der Waals surface area contributed by atoms with E-state index < -0.39 is 11.8 Å². The van der Waals surface area contributed by atoms with Gasteiger partial charge in [0.25, 0.3) is 0 Å². The molecule has 3 rings (SSSR count). The number of fused-ring (bicyclic) bond motifs is 1. The van der Waals surface area contributed by atoms with Crippen LogP contribution in [0, 0.1) is 5.82 Å². The number of hydrogen-bond donors (Lipinski definition) is 3. The third-order valence-electron chi connectivity index (χ3n) is 2.60. The van der Waals surface area contributed by atoms with Gasteiger partial charge in [0.05, 0.1) is 21.8 Å². The summed E-state index contributed by atoms with van der Waals surface area (Å²) in [6, 6.07) is 2.79. The summed E-state index contributed by atoms with van der Waals surface area (Å²) in [6.07, 6.45) is 1.27. The summed E-state index contributed by atoms with van der Waals surface area (Å²) in [5, 5.41) is 9.00. The molecule has 3 aromatic rings. The van der Waals surface area contributed by atoms with Gasteiger partial charge in [-0.05, 0) is 22.0 Å². The van der Waals surface area contributed by atoms with E-state index in [1.54, 1.807) is 0 Å². The van der Waals surface area contributed by atoms with Crippen LogP contribution in [0.2, 0.25) is 0 Å². The van der Waals surface area contributed by atoms with Gasteiger partial charge in [0, 0.05) is 6.07 Å². The van der Waals surface area contributed by atoms with E-state index in [1.165, 1.54) is 18.5 Å². The van der Waals surface area contributed by atoms with Gasteiger partial charge >= 0.3 is 5.97 Å². The zero-order valence-electron chi connectivity index (χ0n) is 9.24. The number of aromatic nitrogens is 4. The molecule has 0 atom stereocenters. The molecule has 0 unspecified atom stereocenters. The van der Waals surface area contributed by atoms with Crippen LogP contribution in [0.4, 0.5) is 4.39 Å². The summed E-state index contributed by atoms with van der Waals surface area (Å²) in [7, 11) is 0. The Balaban J connectivity index is 2.21. The second kappa shape index (κ2) is 4.16. The third-order valence-corrected chi connectivity index (χ3v) is 3.21. The van der Waals surface area contributed by atoms with Crippen LogP contribution in [-0.4, -0.2) is 31.0 Å². The number of carboxylic acid groups (broad SMARTS) is 1. The number of aromatic amines is 2. The molecule has 19 heavy (non-hydrogen) atoms. The number of carboxylic acids is 1. The minimum atomic E-state index is -1.14. The average Bonchev–Trinajstić information content (AvgIpc) is 2.95. The highest BCUT2D eigenvalue weighted by molar-refractivity contribution is 9.10. The Kier molecular flexibility index (Phi) is 2.59. The van der Waals surface area contributed by atoms with Crippen LogP contribution in [0.1, 0.15) is 10.5 Å². The van der Waals surface area contributed by atoms with Crippen molar-refractivity contribution in [3.05, 3.63) is 34.4 Å². The zero-order chi connectivity index (χ0) is 13.6. The summed E-state index contributed by atoms with van der Waals surface area (Å²) in [5.41, 5.74) is 1.09. The van der Waals surface area contributed by atoms with Crippen molar-refractivity contribution in [3.8, 4) is 11.5 Å². The quantitative estimate of drug-likeness (QED) is 0.675. The molecule has 0 aliphatic carbocycles. The van der Waals surface area contributed by atoms with E-state index in [0.29, 0.717) is 15.5 Å². The minimum absolute atomic E-state index is 0.0707. The van der Waals surface area contributed by atoms with Crippen LogP contribution < -0.4 is 0 Å². The van der Waals surface area contributed by atoms with Gasteiger partial charge in [-0.2, -0.15) is 0 Å². The lowest BCUT2D eigenvalue weighted by Gasteiger charge is -1.92. The van der Waals surface area contributed by atoms with Crippen LogP contribution in [0.5, 0.6) is 0 Å². The molecule has 0 aliphatic heterocycles. The van der Waals surface area contributed by atoms with E-state index in [9.17, 15) is 9.18 Å². The first-order valence-corrected chi connectivity index (χ1v) is 5.97. The highest BCUT2D eigenvalue weighted by atomic mass is 79.9. The summed E-state index contributed by atoms with van der Waals surface area (Å²) < 4.78 is 13.7. The van der Waals surface area contributed by atoms with E-state index in [-0.39, 0.29) is 17.2 Å². The Hall–Kier alpha value is -2.22. The van der Waals surface area contributed by atoms with Crippen molar-refractivity contribution < 1.29 is 14.3 Å². The van der Waals surface area contributed by atoms with E-state index in [1.807, 2.05) is 0 Å². The van der Waals surface area contributed by atoms with Crippen molar-refractivity contribution in [2.75, 3.05) is 0 Å². The number of nitrogens with zero attached hydrogens (tertiary/aromatic N) is 2. The molecule has 2 aromatic heterocycles. The Bertz CT molecular complexity index is 756. The van der Waals surface area contributed by atoms with Gasteiger partial charge in [0.1, 0.15) is 11.5 Å². The summed E-state index contributed by atoms with van der Waals surface area (Å²) in [4.78, 5) is 24.5. The van der Waals surface area contributed by atoms with Gasteiger partial charge in [0.2, 0.25) is 0 Å². The number of benzene rings is 1. The lowest BCUT2D eigenvalue weighted by atomic mass is 10.3. The Morgan fingerprint density at radius 2 is 2.21 bits per heavy atom. The number of rotatable bonds is 2. The predicted octanol–water partition coefficient (Wildman–Crippen LogP) is 2.55. The lowest BCUT2D eigenvalue weighted by molar-refractivity contribution is 0.0692. The monoisotopic (exact) mass is 324 g/mol. The topological polar surface area (TPSA) is 94.7 Å². The highest BCUT2D eigenvalue weighted by Crippen LogP contribution is 2.25. The fourth-order valence-electron chi connectivity index (χ4n) is 1.75. The third kappa shape index (κ3) is 1.89. The van der Waals surface area contributed by atoms with Crippen molar-refractivity contribution in [3.63, 3.8) is 0 Å². The van der Waals surface area contributed by atoms with Gasteiger partial charge in [-0.1, -0.05) is 0 Å². The maximum atomic E-state index is 13.4. The SMILES string of the molecule is O=C(O)c1[nH]cnc1-c1nc2cc(Br)c(F)cc2[nH]1. The number of hydrogen-bond acceptors (Lipinski definition) is 3. The maximum absolute atomic E-state index is 13.4. The Labute approximate surface area is 113 Å². The summed E-state index contributed by atoms with van der Waals surface area (Å²) in [6.45, 7) is 0. The molecule has 0 saturated carbocycles. The van der Waals surface area contributed by atoms with E-state index >= 15 is 0 Å². The number of aromatic carboxylic acids is 1. The van der Waals surface area contributed by atoms with E-state index in [2.05, 4.69) is 35.9 Å². The largest absolute Gasteiger partial charge is 0.477 e. The zero-order valence-corrected chi connectivity index (χ0v) is 10.8. The molecule has 96 valence electrons. The van der Waals surface area contributed by atoms with E-state index in [0.717, 1.165) is 0 Å². The molecule has 0 bridgehead atoms. The standard InChI is InChI=1S/C11H6BrFN4O2/c12-4-1-6-7(2-5(4)13)17-10(16-6)8-9(11(18)19)15-3-14-8/h1-3H,(H,14,15)(H,16,17)(H,18,19). The molecule has 2 heterocycles. The van der Waals surface area contributed by atoms with Gasteiger partial charge in [-0.15, -0.1) is 0 Å². The smallest absolute Gasteiger partial charge is 0.354 e. The number of nitrogens with one attached hydrogen (secondary N) is 2. The molecule has 1 aromatic carbocycles. The molecular formula is C11H6BrFN4O2. The first-order chi connectivity index (χ1) is 9.06. The Morgan fingerprint density at radius 3 is 2.95 bits per heavy atom. The van der Waals surface area contributed by atoms with E-state index in [4.69, 9.17) is 5.11 Å². The molecule has 0 spiro atoms. The van der Waals surface area contributed by atoms with Crippen molar-refractivity contribution in [2.24, 2.45) is 0 Å². The number of H-pyrrole nitrogens is 2. The van der Waals surface area contributed by atoms with Gasteiger partial charge in [-0.3, -0.25) is 0 Å². The van der Waals surface area contributed by atoms with Crippen LogP contribution in [-0.2, 0) is 0 Å². The normalized spacial score (nSPS) is 11.1. The number of imidazole rings is 2. The molecule has 0 fully saturated rings.